The molecule has 1 aliphatic rings. The Balaban J connectivity index is 1.56. The van der Waals surface area contributed by atoms with E-state index in [1.165, 1.54) is 12.1 Å². The zero-order valence-electron chi connectivity index (χ0n) is 18.7. The molecule has 0 saturated heterocycles. The standard InChI is InChI=1S/C28H26FN3O/c1-28(22-6-3-20(4-7-22)5-10-25-18-30-19-31(25)2)27-14-13-26(33)17-21(27)15-16-32(28)24-11-8-23(29)9-12-24/h3-14,17-19,33H,15-16H2,1-2H3. The first kappa shape index (κ1) is 21.0. The second kappa shape index (κ2) is 8.24. The Bertz CT molecular complexity index is 1310. The van der Waals surface area contributed by atoms with E-state index in [2.05, 4.69) is 47.1 Å². The van der Waals surface area contributed by atoms with Gasteiger partial charge in [0, 0.05) is 19.3 Å². The maximum atomic E-state index is 13.6. The highest BCUT2D eigenvalue weighted by atomic mass is 19.1. The predicted molar refractivity (Wildman–Crippen MR) is 131 cm³/mol. The lowest BCUT2D eigenvalue weighted by molar-refractivity contribution is 0.463. The van der Waals surface area contributed by atoms with Crippen molar-refractivity contribution in [3.8, 4) is 5.75 Å². The number of halogens is 1. The van der Waals surface area contributed by atoms with Crippen LogP contribution in [-0.4, -0.2) is 21.2 Å². The molecule has 0 fully saturated rings. The Morgan fingerprint density at radius 3 is 2.45 bits per heavy atom. The molecule has 0 aliphatic carbocycles. The molecule has 1 atom stereocenters. The number of aromatic hydroxyl groups is 1. The van der Waals surface area contributed by atoms with Crippen molar-refractivity contribution in [2.45, 2.75) is 18.9 Å². The SMILES string of the molecule is Cn1cncc1C=Cc1ccc(C2(C)c3ccc(O)cc3CCN2c2ccc(F)cc2)cc1. The molecule has 1 N–H and O–H groups in total. The van der Waals surface area contributed by atoms with Gasteiger partial charge >= 0.3 is 0 Å². The summed E-state index contributed by atoms with van der Waals surface area (Å²) >= 11 is 0. The van der Waals surface area contributed by atoms with Crippen molar-refractivity contribution in [1.29, 1.82) is 0 Å². The molecule has 0 radical (unpaired) electrons. The van der Waals surface area contributed by atoms with Gasteiger partial charge in [-0.3, -0.25) is 0 Å². The third kappa shape index (κ3) is 3.80. The molecule has 1 aromatic heterocycles. The van der Waals surface area contributed by atoms with Gasteiger partial charge < -0.3 is 14.6 Å². The minimum atomic E-state index is -0.469. The van der Waals surface area contributed by atoms with E-state index in [4.69, 9.17) is 0 Å². The number of hydrogen-bond donors (Lipinski definition) is 1. The van der Waals surface area contributed by atoms with Gasteiger partial charge in [0.2, 0.25) is 0 Å². The van der Waals surface area contributed by atoms with Crippen molar-refractivity contribution in [2.24, 2.45) is 7.05 Å². The Labute approximate surface area is 193 Å². The second-order valence-electron chi connectivity index (χ2n) is 8.68. The average molecular weight is 440 g/mol. The summed E-state index contributed by atoms with van der Waals surface area (Å²) in [6.45, 7) is 2.96. The van der Waals surface area contributed by atoms with Gasteiger partial charge in [0.15, 0.2) is 0 Å². The molecule has 0 saturated carbocycles. The Morgan fingerprint density at radius 2 is 1.76 bits per heavy atom. The van der Waals surface area contributed by atoms with Crippen LogP contribution in [0.3, 0.4) is 0 Å². The van der Waals surface area contributed by atoms with Crippen LogP contribution in [0.5, 0.6) is 5.75 Å². The quantitative estimate of drug-likeness (QED) is 0.439. The van der Waals surface area contributed by atoms with Crippen LogP contribution in [-0.2, 0) is 19.0 Å². The van der Waals surface area contributed by atoms with Crippen molar-refractivity contribution < 1.29 is 9.50 Å². The van der Waals surface area contributed by atoms with Gasteiger partial charge in [0.05, 0.1) is 23.8 Å². The van der Waals surface area contributed by atoms with Crippen molar-refractivity contribution in [2.75, 3.05) is 11.4 Å². The first-order valence-corrected chi connectivity index (χ1v) is 11.1. The molecule has 0 amide bonds. The normalized spacial score (nSPS) is 18.0. The minimum absolute atomic E-state index is 0.243. The molecule has 0 bridgehead atoms. The number of hydrogen-bond acceptors (Lipinski definition) is 3. The van der Waals surface area contributed by atoms with Crippen LogP contribution >= 0.6 is 0 Å². The van der Waals surface area contributed by atoms with E-state index in [0.29, 0.717) is 0 Å². The molecule has 33 heavy (non-hydrogen) atoms. The molecule has 3 aromatic carbocycles. The van der Waals surface area contributed by atoms with Gasteiger partial charge in [-0.15, -0.1) is 0 Å². The van der Waals surface area contributed by atoms with Crippen LogP contribution in [0.25, 0.3) is 12.2 Å². The van der Waals surface area contributed by atoms with Gasteiger partial charge in [0.25, 0.3) is 0 Å². The third-order valence-electron chi connectivity index (χ3n) is 6.67. The minimum Gasteiger partial charge on any atom is -0.508 e. The largest absolute Gasteiger partial charge is 0.508 e. The van der Waals surface area contributed by atoms with Gasteiger partial charge in [0.1, 0.15) is 11.6 Å². The molecule has 1 aliphatic heterocycles. The molecule has 5 rings (SSSR count). The molecule has 2 heterocycles. The maximum Gasteiger partial charge on any atom is 0.123 e. The van der Waals surface area contributed by atoms with Crippen LogP contribution in [0.2, 0.25) is 0 Å². The number of benzene rings is 3. The summed E-state index contributed by atoms with van der Waals surface area (Å²) in [7, 11) is 1.97. The summed E-state index contributed by atoms with van der Waals surface area (Å²) in [6.07, 6.45) is 8.55. The summed E-state index contributed by atoms with van der Waals surface area (Å²) in [4.78, 5) is 6.48. The lowest BCUT2D eigenvalue weighted by Gasteiger charge is -2.48. The van der Waals surface area contributed by atoms with Crippen LogP contribution in [0.15, 0.2) is 79.3 Å². The van der Waals surface area contributed by atoms with Crippen molar-refractivity contribution in [3.05, 3.63) is 113 Å². The highest BCUT2D eigenvalue weighted by molar-refractivity contribution is 5.69. The molecular formula is C28H26FN3O. The van der Waals surface area contributed by atoms with Crippen molar-refractivity contribution >= 4 is 17.8 Å². The van der Waals surface area contributed by atoms with E-state index in [9.17, 15) is 9.50 Å². The summed E-state index contributed by atoms with van der Waals surface area (Å²) in [6, 6.07) is 20.9. The van der Waals surface area contributed by atoms with E-state index < -0.39 is 5.54 Å². The third-order valence-corrected chi connectivity index (χ3v) is 6.67. The summed E-state index contributed by atoms with van der Waals surface area (Å²) < 4.78 is 15.6. The van der Waals surface area contributed by atoms with Gasteiger partial charge in [-0.1, -0.05) is 36.4 Å². The van der Waals surface area contributed by atoms with Gasteiger partial charge in [-0.2, -0.15) is 0 Å². The smallest absolute Gasteiger partial charge is 0.123 e. The zero-order chi connectivity index (χ0) is 23.0. The number of anilines is 1. The highest BCUT2D eigenvalue weighted by Crippen LogP contribution is 2.44. The monoisotopic (exact) mass is 439 g/mol. The number of phenolic OH excluding ortho intramolecular Hbond substituents is 1. The van der Waals surface area contributed by atoms with E-state index in [0.717, 1.165) is 46.6 Å². The lowest BCUT2D eigenvalue weighted by atomic mass is 9.76. The summed E-state index contributed by atoms with van der Waals surface area (Å²) in [5, 5.41) is 10.1. The maximum absolute atomic E-state index is 13.6. The molecule has 4 aromatic rings. The predicted octanol–water partition coefficient (Wildman–Crippen LogP) is 5.76. The van der Waals surface area contributed by atoms with E-state index >= 15 is 0 Å². The number of rotatable bonds is 4. The number of fused-ring (bicyclic) bond motifs is 1. The van der Waals surface area contributed by atoms with Crippen molar-refractivity contribution in [3.63, 3.8) is 0 Å². The van der Waals surface area contributed by atoms with Gasteiger partial charge in [-0.05, 0) is 78.1 Å². The van der Waals surface area contributed by atoms with Crippen LogP contribution in [0.1, 0.15) is 34.9 Å². The van der Waals surface area contributed by atoms with Crippen LogP contribution < -0.4 is 4.90 Å². The van der Waals surface area contributed by atoms with Crippen LogP contribution in [0.4, 0.5) is 10.1 Å². The lowest BCUT2D eigenvalue weighted by Crippen LogP contribution is -2.49. The van der Waals surface area contributed by atoms with Gasteiger partial charge in [-0.25, -0.2) is 9.37 Å². The Kier molecular flexibility index (Phi) is 5.25. The Hall–Kier alpha value is -3.86. The first-order chi connectivity index (χ1) is 15.9. The van der Waals surface area contributed by atoms with E-state index in [1.807, 2.05) is 48.2 Å². The fraction of sp³-hybridized carbons (Fsp3) is 0.179. The fourth-order valence-electron chi connectivity index (χ4n) is 4.81. The van der Waals surface area contributed by atoms with E-state index in [1.54, 1.807) is 12.4 Å². The summed E-state index contributed by atoms with van der Waals surface area (Å²) in [5.74, 6) is 0.0364. The van der Waals surface area contributed by atoms with E-state index in [-0.39, 0.29) is 11.6 Å². The topological polar surface area (TPSA) is 41.3 Å². The molecule has 1 unspecified atom stereocenters. The first-order valence-electron chi connectivity index (χ1n) is 11.1. The molecular weight excluding hydrogens is 413 g/mol. The zero-order valence-corrected chi connectivity index (χ0v) is 18.7. The number of aryl methyl sites for hydroxylation is 1. The fourth-order valence-corrected chi connectivity index (χ4v) is 4.81. The van der Waals surface area contributed by atoms with Crippen LogP contribution in [0, 0.1) is 5.82 Å². The number of phenols is 1. The number of aromatic nitrogens is 2. The summed E-state index contributed by atoms with van der Waals surface area (Å²) in [5.41, 5.74) is 6.05. The number of imidazole rings is 1. The highest BCUT2D eigenvalue weighted by Gasteiger charge is 2.40. The second-order valence-corrected chi connectivity index (χ2v) is 8.68. The molecule has 5 heteroatoms. The Morgan fingerprint density at radius 1 is 1.00 bits per heavy atom. The molecule has 166 valence electrons. The number of nitrogens with zero attached hydrogens (tertiary/aromatic N) is 3. The molecule has 4 nitrogen and oxygen atoms in total. The van der Waals surface area contributed by atoms with Crippen molar-refractivity contribution in [1.82, 2.24) is 9.55 Å². The average Bonchev–Trinajstić information content (AvgIpc) is 3.23. The molecule has 0 spiro atoms.